The molecular weight excluding hydrogens is 494 g/mol. The number of unbranched alkanes of at least 4 members (excludes halogenated alkanes) is 1. The summed E-state index contributed by atoms with van der Waals surface area (Å²) in [6, 6.07) is 23.9. The number of imidazole rings is 1. The van der Waals surface area contributed by atoms with Crippen LogP contribution in [0.3, 0.4) is 0 Å². The highest BCUT2D eigenvalue weighted by Gasteiger charge is 2.20. The molecule has 1 amide bonds. The molecule has 4 rings (SSSR count). The Morgan fingerprint density at radius 2 is 1.53 bits per heavy atom. The lowest BCUT2D eigenvalue weighted by Crippen LogP contribution is -2.25. The lowest BCUT2D eigenvalue weighted by atomic mass is 10.0. The standard InChI is InChI=1S/C31H35N3O3S/c1-5-34-29(24-14-18-26(37-4)19-15-24)28(23-12-16-25(36-3)17-13-23)33-31(34)38-21-9-8-20-32-30(35)27-11-7-6-10-22(27)2/h6-7,10-19H,5,8-9,20-21H2,1-4H3,(H,32,35). The van der Waals surface area contributed by atoms with E-state index < -0.39 is 0 Å². The number of methoxy groups -OCH3 is 2. The molecule has 1 heterocycles. The zero-order valence-electron chi connectivity index (χ0n) is 22.5. The molecule has 0 aliphatic carbocycles. The van der Waals surface area contributed by atoms with E-state index in [1.165, 1.54) is 0 Å². The van der Waals surface area contributed by atoms with Gasteiger partial charge in [0.05, 0.1) is 25.6 Å². The highest BCUT2D eigenvalue weighted by Crippen LogP contribution is 2.37. The van der Waals surface area contributed by atoms with E-state index in [1.54, 1.807) is 26.0 Å². The molecule has 0 radical (unpaired) electrons. The van der Waals surface area contributed by atoms with E-state index in [0.29, 0.717) is 6.54 Å². The molecule has 6 nitrogen and oxygen atoms in total. The van der Waals surface area contributed by atoms with Gasteiger partial charge in [-0.1, -0.05) is 30.0 Å². The van der Waals surface area contributed by atoms with E-state index in [4.69, 9.17) is 14.5 Å². The van der Waals surface area contributed by atoms with Crippen LogP contribution in [0.2, 0.25) is 0 Å². The van der Waals surface area contributed by atoms with Crippen molar-refractivity contribution in [2.45, 2.75) is 38.4 Å². The van der Waals surface area contributed by atoms with Crippen LogP contribution in [0.1, 0.15) is 35.7 Å². The summed E-state index contributed by atoms with van der Waals surface area (Å²) in [6.45, 7) is 5.57. The Morgan fingerprint density at radius 3 is 2.13 bits per heavy atom. The maximum atomic E-state index is 12.4. The molecule has 4 aromatic rings. The van der Waals surface area contributed by atoms with Crippen molar-refractivity contribution in [1.29, 1.82) is 0 Å². The molecule has 0 spiro atoms. The van der Waals surface area contributed by atoms with Crippen LogP contribution in [-0.2, 0) is 6.54 Å². The lowest BCUT2D eigenvalue weighted by molar-refractivity contribution is 0.0952. The first kappa shape index (κ1) is 27.3. The molecule has 0 aliphatic rings. The van der Waals surface area contributed by atoms with Crippen molar-refractivity contribution in [3.63, 3.8) is 0 Å². The Bertz CT molecular complexity index is 1350. The molecule has 0 fully saturated rings. The molecule has 0 saturated heterocycles. The fourth-order valence-electron chi connectivity index (χ4n) is 4.34. The monoisotopic (exact) mass is 529 g/mol. The van der Waals surface area contributed by atoms with Crippen molar-refractivity contribution in [3.8, 4) is 34.0 Å². The van der Waals surface area contributed by atoms with E-state index in [0.717, 1.165) is 75.4 Å². The van der Waals surface area contributed by atoms with Crippen molar-refractivity contribution in [2.24, 2.45) is 0 Å². The smallest absolute Gasteiger partial charge is 0.251 e. The van der Waals surface area contributed by atoms with Crippen LogP contribution < -0.4 is 14.8 Å². The van der Waals surface area contributed by atoms with Gasteiger partial charge in [-0.2, -0.15) is 0 Å². The topological polar surface area (TPSA) is 65.4 Å². The van der Waals surface area contributed by atoms with Gasteiger partial charge in [-0.3, -0.25) is 4.79 Å². The summed E-state index contributed by atoms with van der Waals surface area (Å²) < 4.78 is 13.0. The largest absolute Gasteiger partial charge is 0.497 e. The Kier molecular flexibility index (Phi) is 9.49. The van der Waals surface area contributed by atoms with Crippen molar-refractivity contribution in [2.75, 3.05) is 26.5 Å². The molecule has 198 valence electrons. The molecule has 38 heavy (non-hydrogen) atoms. The number of ether oxygens (including phenoxy) is 2. The van der Waals surface area contributed by atoms with E-state index in [9.17, 15) is 4.79 Å². The molecule has 0 unspecified atom stereocenters. The van der Waals surface area contributed by atoms with E-state index in [-0.39, 0.29) is 5.91 Å². The highest BCUT2D eigenvalue weighted by atomic mass is 32.2. The predicted octanol–water partition coefficient (Wildman–Crippen LogP) is 6.86. The van der Waals surface area contributed by atoms with Gasteiger partial charge in [0.2, 0.25) is 0 Å². The fraction of sp³-hybridized carbons (Fsp3) is 0.290. The fourth-order valence-corrected chi connectivity index (χ4v) is 5.41. The van der Waals surface area contributed by atoms with Gasteiger partial charge in [0.15, 0.2) is 5.16 Å². The number of aryl methyl sites for hydroxylation is 1. The van der Waals surface area contributed by atoms with Crippen LogP contribution in [0.5, 0.6) is 11.5 Å². The first-order chi connectivity index (χ1) is 18.5. The Hall–Kier alpha value is -3.71. The summed E-state index contributed by atoms with van der Waals surface area (Å²) in [5.74, 6) is 2.55. The minimum Gasteiger partial charge on any atom is -0.497 e. The second-order valence-corrected chi connectivity index (χ2v) is 9.98. The van der Waals surface area contributed by atoms with Crippen LogP contribution >= 0.6 is 11.8 Å². The summed E-state index contributed by atoms with van der Waals surface area (Å²) >= 11 is 1.76. The van der Waals surface area contributed by atoms with E-state index in [2.05, 4.69) is 41.1 Å². The number of hydrogen-bond acceptors (Lipinski definition) is 5. The van der Waals surface area contributed by atoms with Gasteiger partial charge < -0.3 is 19.4 Å². The van der Waals surface area contributed by atoms with Crippen LogP contribution in [0.25, 0.3) is 22.5 Å². The molecule has 0 aliphatic heterocycles. The second kappa shape index (κ2) is 13.2. The molecule has 3 aromatic carbocycles. The highest BCUT2D eigenvalue weighted by molar-refractivity contribution is 7.99. The molecular formula is C31H35N3O3S. The molecule has 0 saturated carbocycles. The van der Waals surface area contributed by atoms with Gasteiger partial charge >= 0.3 is 0 Å². The quantitative estimate of drug-likeness (QED) is 0.160. The first-order valence-electron chi connectivity index (χ1n) is 12.9. The number of nitrogens with one attached hydrogen (secondary N) is 1. The summed E-state index contributed by atoms with van der Waals surface area (Å²) in [5, 5.41) is 4.04. The van der Waals surface area contributed by atoms with Crippen LogP contribution in [-0.4, -0.2) is 42.0 Å². The summed E-state index contributed by atoms with van der Waals surface area (Å²) in [4.78, 5) is 17.6. The number of amides is 1. The molecule has 0 atom stereocenters. The Labute approximate surface area is 229 Å². The zero-order chi connectivity index (χ0) is 26.9. The van der Waals surface area contributed by atoms with Gasteiger partial charge in [-0.05, 0) is 86.8 Å². The normalized spacial score (nSPS) is 10.8. The first-order valence-corrected chi connectivity index (χ1v) is 13.9. The average molecular weight is 530 g/mol. The van der Waals surface area contributed by atoms with Crippen LogP contribution in [0.15, 0.2) is 78.0 Å². The predicted molar refractivity (Wildman–Crippen MR) is 155 cm³/mol. The lowest BCUT2D eigenvalue weighted by Gasteiger charge is -2.12. The third kappa shape index (κ3) is 6.40. The zero-order valence-corrected chi connectivity index (χ0v) is 23.3. The molecule has 7 heteroatoms. The SMILES string of the molecule is CCn1c(SCCCCNC(=O)c2ccccc2C)nc(-c2ccc(OC)cc2)c1-c1ccc(OC)cc1. The number of aromatic nitrogens is 2. The van der Waals surface area contributed by atoms with Crippen molar-refractivity contribution in [3.05, 3.63) is 83.9 Å². The number of carbonyl (C=O) groups excluding carboxylic acids is 1. The minimum absolute atomic E-state index is 0.00875. The van der Waals surface area contributed by atoms with Crippen molar-refractivity contribution < 1.29 is 14.3 Å². The Balaban J connectivity index is 1.47. The van der Waals surface area contributed by atoms with E-state index >= 15 is 0 Å². The number of carbonyl (C=O) groups is 1. The van der Waals surface area contributed by atoms with Gasteiger partial charge in [-0.25, -0.2) is 4.98 Å². The maximum absolute atomic E-state index is 12.4. The molecule has 1 aromatic heterocycles. The third-order valence-corrected chi connectivity index (χ3v) is 7.52. The number of hydrogen-bond donors (Lipinski definition) is 1. The van der Waals surface area contributed by atoms with Crippen molar-refractivity contribution in [1.82, 2.24) is 14.9 Å². The van der Waals surface area contributed by atoms with Gasteiger partial charge in [-0.15, -0.1) is 0 Å². The minimum atomic E-state index is -0.00875. The van der Waals surface area contributed by atoms with Crippen LogP contribution in [0, 0.1) is 6.92 Å². The van der Waals surface area contributed by atoms with Gasteiger partial charge in [0.1, 0.15) is 11.5 Å². The molecule has 0 bridgehead atoms. The van der Waals surface area contributed by atoms with Crippen molar-refractivity contribution >= 4 is 17.7 Å². The number of thioether (sulfide) groups is 1. The molecule has 1 N–H and O–H groups in total. The van der Waals surface area contributed by atoms with E-state index in [1.807, 2.05) is 55.5 Å². The number of rotatable bonds is 12. The van der Waals surface area contributed by atoms with Crippen LogP contribution in [0.4, 0.5) is 0 Å². The summed E-state index contributed by atoms with van der Waals surface area (Å²) in [7, 11) is 3.35. The number of benzene rings is 3. The number of nitrogens with zero attached hydrogens (tertiary/aromatic N) is 2. The summed E-state index contributed by atoms with van der Waals surface area (Å²) in [5.41, 5.74) is 5.92. The second-order valence-electron chi connectivity index (χ2n) is 8.92. The maximum Gasteiger partial charge on any atom is 0.251 e. The Morgan fingerprint density at radius 1 is 0.895 bits per heavy atom. The third-order valence-electron chi connectivity index (χ3n) is 6.45. The summed E-state index contributed by atoms with van der Waals surface area (Å²) in [6.07, 6.45) is 1.89. The average Bonchev–Trinajstić information content (AvgIpc) is 3.33. The van der Waals surface area contributed by atoms with Gasteiger partial charge in [0.25, 0.3) is 5.91 Å². The van der Waals surface area contributed by atoms with Gasteiger partial charge in [0, 0.05) is 35.5 Å².